The molecular weight excluding hydrogens is 186 g/mol. The highest BCUT2D eigenvalue weighted by atomic mass is 19.1. The highest BCUT2D eigenvalue weighted by Gasteiger charge is 2.04. The maximum Gasteiger partial charge on any atom is 0.147 e. The van der Waals surface area contributed by atoms with Crippen molar-refractivity contribution in [1.29, 1.82) is 5.26 Å². The van der Waals surface area contributed by atoms with E-state index in [4.69, 9.17) is 11.0 Å². The Labute approximate surface area is 80.0 Å². The fourth-order valence-electron chi connectivity index (χ4n) is 0.837. The van der Waals surface area contributed by atoms with Crippen LogP contribution < -0.4 is 5.73 Å². The molecule has 0 saturated carbocycles. The number of nitriles is 1. The van der Waals surface area contributed by atoms with Crippen LogP contribution in [0.4, 0.5) is 14.5 Å². The number of anilines is 1. The van der Waals surface area contributed by atoms with Crippen molar-refractivity contribution < 1.29 is 8.78 Å². The molecule has 0 spiro atoms. The van der Waals surface area contributed by atoms with Crippen molar-refractivity contribution in [3.05, 3.63) is 29.3 Å². The van der Waals surface area contributed by atoms with Crippen LogP contribution in [0.5, 0.6) is 0 Å². The average Bonchev–Trinajstić information content (AvgIpc) is 2.14. The second-order valence-corrected chi connectivity index (χ2v) is 2.49. The SMILES string of the molecule is N#CCC#Cc1cc(F)c(N)cc1F. The van der Waals surface area contributed by atoms with Gasteiger partial charge in [-0.1, -0.05) is 11.8 Å². The highest BCUT2D eigenvalue weighted by molar-refractivity contribution is 5.47. The number of halogens is 2. The van der Waals surface area contributed by atoms with Gasteiger partial charge in [-0.2, -0.15) is 5.26 Å². The number of nitrogens with zero attached hydrogens (tertiary/aromatic N) is 1. The Morgan fingerprint density at radius 1 is 1.29 bits per heavy atom. The molecule has 0 aliphatic rings. The van der Waals surface area contributed by atoms with E-state index in [-0.39, 0.29) is 17.7 Å². The Balaban J connectivity index is 3.07. The third kappa shape index (κ3) is 2.21. The molecule has 1 rings (SSSR count). The number of rotatable bonds is 0. The monoisotopic (exact) mass is 192 g/mol. The van der Waals surface area contributed by atoms with Crippen LogP contribution in [-0.4, -0.2) is 0 Å². The summed E-state index contributed by atoms with van der Waals surface area (Å²) in [6, 6.07) is 3.55. The molecule has 2 N–H and O–H groups in total. The number of benzene rings is 1. The van der Waals surface area contributed by atoms with E-state index >= 15 is 0 Å². The minimum absolute atomic E-state index is 0.0224. The Bertz CT molecular complexity index is 450. The van der Waals surface area contributed by atoms with Crippen LogP contribution in [0.3, 0.4) is 0 Å². The zero-order valence-corrected chi connectivity index (χ0v) is 7.14. The van der Waals surface area contributed by atoms with E-state index < -0.39 is 11.6 Å². The summed E-state index contributed by atoms with van der Waals surface area (Å²) in [7, 11) is 0. The lowest BCUT2D eigenvalue weighted by Gasteiger charge is -1.98. The molecular formula is C10H6F2N2. The van der Waals surface area contributed by atoms with E-state index in [0.29, 0.717) is 0 Å². The second-order valence-electron chi connectivity index (χ2n) is 2.49. The highest BCUT2D eigenvalue weighted by Crippen LogP contribution is 2.15. The number of hydrogen-bond donors (Lipinski definition) is 1. The lowest BCUT2D eigenvalue weighted by Crippen LogP contribution is -1.94. The summed E-state index contributed by atoms with van der Waals surface area (Å²) in [6.07, 6.45) is -0.0224. The van der Waals surface area contributed by atoms with Gasteiger partial charge in [-0.05, 0) is 6.07 Å². The van der Waals surface area contributed by atoms with Crippen molar-refractivity contribution in [3.8, 4) is 17.9 Å². The molecule has 14 heavy (non-hydrogen) atoms. The van der Waals surface area contributed by atoms with Crippen LogP contribution in [0.2, 0.25) is 0 Å². The van der Waals surface area contributed by atoms with Crippen LogP contribution in [0.25, 0.3) is 0 Å². The molecule has 0 aliphatic carbocycles. The van der Waals surface area contributed by atoms with E-state index in [1.54, 1.807) is 6.07 Å². The van der Waals surface area contributed by atoms with E-state index in [1.165, 1.54) is 0 Å². The molecule has 70 valence electrons. The minimum atomic E-state index is -0.715. The zero-order valence-electron chi connectivity index (χ0n) is 7.14. The number of nitrogen functional groups attached to an aromatic ring is 1. The van der Waals surface area contributed by atoms with Crippen molar-refractivity contribution in [3.63, 3.8) is 0 Å². The lowest BCUT2D eigenvalue weighted by atomic mass is 10.2. The number of hydrogen-bond acceptors (Lipinski definition) is 2. The summed E-state index contributed by atoms with van der Waals surface area (Å²) < 4.78 is 25.9. The predicted octanol–water partition coefficient (Wildman–Crippen LogP) is 1.81. The molecule has 0 bridgehead atoms. The molecule has 0 aliphatic heterocycles. The summed E-state index contributed by atoms with van der Waals surface area (Å²) in [5.74, 6) is 3.32. The Morgan fingerprint density at radius 2 is 2.00 bits per heavy atom. The Hall–Kier alpha value is -2.07. The van der Waals surface area contributed by atoms with E-state index in [0.717, 1.165) is 12.1 Å². The van der Waals surface area contributed by atoms with Crippen molar-refractivity contribution in [1.82, 2.24) is 0 Å². The molecule has 0 radical (unpaired) electrons. The quantitative estimate of drug-likeness (QED) is 0.503. The Morgan fingerprint density at radius 3 is 2.64 bits per heavy atom. The van der Waals surface area contributed by atoms with Crippen LogP contribution in [0.1, 0.15) is 12.0 Å². The first-order chi connectivity index (χ1) is 6.65. The first-order valence-electron chi connectivity index (χ1n) is 3.75. The molecule has 0 fully saturated rings. The average molecular weight is 192 g/mol. The summed E-state index contributed by atoms with van der Waals surface area (Å²) in [5, 5.41) is 8.17. The van der Waals surface area contributed by atoms with Gasteiger partial charge in [0, 0.05) is 6.07 Å². The lowest BCUT2D eigenvalue weighted by molar-refractivity contribution is 0.601. The van der Waals surface area contributed by atoms with Crippen LogP contribution >= 0.6 is 0 Å². The predicted molar refractivity (Wildman–Crippen MR) is 47.9 cm³/mol. The van der Waals surface area contributed by atoms with E-state index in [9.17, 15) is 8.78 Å². The summed E-state index contributed by atoms with van der Waals surface area (Å²) in [5.41, 5.74) is 4.78. The first kappa shape index (κ1) is 10.0. The fraction of sp³-hybridized carbons (Fsp3) is 0.100. The molecule has 1 aromatic rings. The zero-order chi connectivity index (χ0) is 10.6. The van der Waals surface area contributed by atoms with Gasteiger partial charge >= 0.3 is 0 Å². The molecule has 0 aromatic heterocycles. The van der Waals surface area contributed by atoms with Gasteiger partial charge in [-0.3, -0.25) is 0 Å². The van der Waals surface area contributed by atoms with Crippen LogP contribution in [0.15, 0.2) is 12.1 Å². The molecule has 0 saturated heterocycles. The van der Waals surface area contributed by atoms with E-state index in [2.05, 4.69) is 11.8 Å². The molecule has 0 atom stereocenters. The smallest absolute Gasteiger partial charge is 0.147 e. The van der Waals surface area contributed by atoms with Gasteiger partial charge in [0.05, 0.1) is 23.7 Å². The maximum atomic E-state index is 13.0. The normalized spacial score (nSPS) is 8.64. The van der Waals surface area contributed by atoms with Gasteiger partial charge in [0.1, 0.15) is 11.6 Å². The fourth-order valence-corrected chi connectivity index (χ4v) is 0.837. The van der Waals surface area contributed by atoms with Gasteiger partial charge in [0.25, 0.3) is 0 Å². The van der Waals surface area contributed by atoms with Gasteiger partial charge < -0.3 is 5.73 Å². The summed E-state index contributed by atoms with van der Waals surface area (Å²) in [4.78, 5) is 0. The van der Waals surface area contributed by atoms with Crippen molar-refractivity contribution in [2.24, 2.45) is 0 Å². The van der Waals surface area contributed by atoms with Crippen LogP contribution in [-0.2, 0) is 0 Å². The molecule has 4 heteroatoms. The first-order valence-corrected chi connectivity index (χ1v) is 3.75. The van der Waals surface area contributed by atoms with Crippen molar-refractivity contribution in [2.45, 2.75) is 6.42 Å². The molecule has 2 nitrogen and oxygen atoms in total. The maximum absolute atomic E-state index is 13.0. The minimum Gasteiger partial charge on any atom is -0.396 e. The third-order valence-electron chi connectivity index (χ3n) is 1.48. The molecule has 1 aromatic carbocycles. The third-order valence-corrected chi connectivity index (χ3v) is 1.48. The molecule has 0 unspecified atom stereocenters. The number of nitrogens with two attached hydrogens (primary N) is 1. The van der Waals surface area contributed by atoms with E-state index in [1.807, 2.05) is 0 Å². The van der Waals surface area contributed by atoms with Crippen molar-refractivity contribution >= 4 is 5.69 Å². The topological polar surface area (TPSA) is 49.8 Å². The molecule has 0 amide bonds. The van der Waals surface area contributed by atoms with Gasteiger partial charge in [-0.25, -0.2) is 8.78 Å². The van der Waals surface area contributed by atoms with Gasteiger partial charge in [-0.15, -0.1) is 0 Å². The second kappa shape index (κ2) is 4.25. The van der Waals surface area contributed by atoms with Crippen molar-refractivity contribution in [2.75, 3.05) is 5.73 Å². The van der Waals surface area contributed by atoms with Gasteiger partial charge in [0.2, 0.25) is 0 Å². The largest absolute Gasteiger partial charge is 0.396 e. The molecule has 0 heterocycles. The van der Waals surface area contributed by atoms with Crippen LogP contribution in [0, 0.1) is 34.8 Å². The van der Waals surface area contributed by atoms with Gasteiger partial charge in [0.15, 0.2) is 0 Å². The summed E-state index contributed by atoms with van der Waals surface area (Å²) in [6.45, 7) is 0. The standard InChI is InChI=1S/C10H6F2N2/c11-8-6-10(14)9(12)5-7(8)3-1-2-4-13/h5-6H,2,14H2. The Kier molecular flexibility index (Phi) is 3.04. The summed E-state index contributed by atoms with van der Waals surface area (Å²) >= 11 is 0.